The molecule has 0 aliphatic rings. The second-order valence-electron chi connectivity index (χ2n) is 1.31. The van der Waals surface area contributed by atoms with Crippen molar-refractivity contribution in [1.29, 1.82) is 0 Å². The molecule has 0 radical (unpaired) electrons. The second-order valence-corrected chi connectivity index (χ2v) is 2.39. The van der Waals surface area contributed by atoms with E-state index in [4.69, 9.17) is 0 Å². The molecule has 0 saturated heterocycles. The van der Waals surface area contributed by atoms with Crippen molar-refractivity contribution in [1.82, 2.24) is 0 Å². The molecule has 0 aromatic rings. The quantitative estimate of drug-likeness (QED) is 0.522. The highest BCUT2D eigenvalue weighted by Gasteiger charge is 2.00. The van der Waals surface area contributed by atoms with Crippen molar-refractivity contribution in [2.24, 2.45) is 0 Å². The monoisotopic (exact) mass is 132 g/mol. The fourth-order valence-electron chi connectivity index (χ4n) is 0.302. The van der Waals surface area contributed by atoms with Crippen LogP contribution in [0.2, 0.25) is 0 Å². The number of carbonyl (C=O) groups is 2. The summed E-state index contributed by atoms with van der Waals surface area (Å²) < 4.78 is 0. The van der Waals surface area contributed by atoms with Crippen molar-refractivity contribution < 1.29 is 9.59 Å². The van der Waals surface area contributed by atoms with E-state index < -0.39 is 0 Å². The summed E-state index contributed by atoms with van der Waals surface area (Å²) in [5, 5.41) is -0.132. The highest BCUT2D eigenvalue weighted by molar-refractivity contribution is 7.99. The minimum atomic E-state index is -0.132. The summed E-state index contributed by atoms with van der Waals surface area (Å²) in [6, 6.07) is 0. The summed E-state index contributed by atoms with van der Waals surface area (Å²) in [6.45, 7) is 0. The molecule has 0 heterocycles. The third-order valence-corrected chi connectivity index (χ3v) is 1.69. The summed E-state index contributed by atoms with van der Waals surface area (Å²) in [6.07, 6.45) is 3.70. The predicted octanol–water partition coefficient (Wildman–Crippen LogP) is 0.506. The second kappa shape index (κ2) is 4.84. The van der Waals surface area contributed by atoms with Gasteiger partial charge in [-0.15, -0.1) is 0 Å². The Kier molecular flexibility index (Phi) is 4.65. The van der Waals surface area contributed by atoms with Gasteiger partial charge in [-0.05, 0) is 6.26 Å². The fourth-order valence-corrected chi connectivity index (χ4v) is 0.684. The van der Waals surface area contributed by atoms with E-state index >= 15 is 0 Å². The van der Waals surface area contributed by atoms with Crippen molar-refractivity contribution in [3.8, 4) is 0 Å². The number of thioether (sulfide) groups is 1. The molecule has 0 aliphatic heterocycles. The predicted molar refractivity (Wildman–Crippen MR) is 34.0 cm³/mol. The molecule has 46 valence electrons. The number of hydrogen-bond donors (Lipinski definition) is 0. The highest BCUT2D eigenvalue weighted by Crippen LogP contribution is 2.04. The Morgan fingerprint density at radius 1 is 1.62 bits per heavy atom. The Balaban J connectivity index is 3.35. The van der Waals surface area contributed by atoms with E-state index in [9.17, 15) is 9.59 Å². The van der Waals surface area contributed by atoms with E-state index in [-0.39, 0.29) is 5.25 Å². The van der Waals surface area contributed by atoms with Gasteiger partial charge in [-0.2, -0.15) is 11.8 Å². The van der Waals surface area contributed by atoms with Crippen LogP contribution in [0, 0.1) is 0 Å². The molecule has 3 heteroatoms. The lowest BCUT2D eigenvalue weighted by Gasteiger charge is -1.96. The van der Waals surface area contributed by atoms with Gasteiger partial charge in [0.2, 0.25) is 0 Å². The SMILES string of the molecule is CSC(C=O)CC=O. The van der Waals surface area contributed by atoms with Gasteiger partial charge in [0.1, 0.15) is 12.6 Å². The number of aldehydes is 2. The molecule has 2 nitrogen and oxygen atoms in total. The Hall–Kier alpha value is -0.310. The highest BCUT2D eigenvalue weighted by atomic mass is 32.2. The first-order chi connectivity index (χ1) is 3.85. The molecule has 1 unspecified atom stereocenters. The molecule has 0 fully saturated rings. The van der Waals surface area contributed by atoms with Crippen molar-refractivity contribution >= 4 is 24.3 Å². The van der Waals surface area contributed by atoms with Crippen molar-refractivity contribution in [2.45, 2.75) is 11.7 Å². The van der Waals surface area contributed by atoms with Crippen LogP contribution in [0.3, 0.4) is 0 Å². The third-order valence-electron chi connectivity index (χ3n) is 0.783. The summed E-state index contributed by atoms with van der Waals surface area (Å²) in [5.41, 5.74) is 0. The zero-order valence-electron chi connectivity index (χ0n) is 4.66. The molecule has 0 aromatic heterocycles. The van der Waals surface area contributed by atoms with E-state index in [1.54, 1.807) is 0 Å². The van der Waals surface area contributed by atoms with Crippen LogP contribution in [-0.2, 0) is 9.59 Å². The molecule has 0 aromatic carbocycles. The van der Waals surface area contributed by atoms with E-state index in [0.29, 0.717) is 6.42 Å². The van der Waals surface area contributed by atoms with Gasteiger partial charge < -0.3 is 9.59 Å². The summed E-state index contributed by atoms with van der Waals surface area (Å²) >= 11 is 1.40. The lowest BCUT2D eigenvalue weighted by molar-refractivity contribution is -0.111. The van der Waals surface area contributed by atoms with Gasteiger partial charge in [0.05, 0.1) is 5.25 Å². The standard InChI is InChI=1S/C5H8O2S/c1-8-5(4-7)2-3-6/h3-5H,2H2,1H3. The minimum Gasteiger partial charge on any atom is -0.303 e. The van der Waals surface area contributed by atoms with Crippen molar-refractivity contribution in [3.63, 3.8) is 0 Å². The zero-order chi connectivity index (χ0) is 6.41. The average molecular weight is 132 g/mol. The maximum Gasteiger partial charge on any atom is 0.133 e. The van der Waals surface area contributed by atoms with Crippen LogP contribution in [0.4, 0.5) is 0 Å². The first kappa shape index (κ1) is 7.69. The Morgan fingerprint density at radius 3 is 2.38 bits per heavy atom. The Bertz CT molecular complexity index is 82.5. The van der Waals surface area contributed by atoms with E-state index in [1.165, 1.54) is 11.8 Å². The topological polar surface area (TPSA) is 34.1 Å². The molecule has 0 spiro atoms. The fraction of sp³-hybridized carbons (Fsp3) is 0.600. The third kappa shape index (κ3) is 2.80. The molecule has 0 saturated carbocycles. The van der Waals surface area contributed by atoms with Crippen LogP contribution in [0.1, 0.15) is 6.42 Å². The van der Waals surface area contributed by atoms with Gasteiger partial charge in [-0.1, -0.05) is 0 Å². The molecular formula is C5H8O2S. The average Bonchev–Trinajstić information content (AvgIpc) is 1.83. The number of carbonyl (C=O) groups excluding carboxylic acids is 2. The molecule has 1 atom stereocenters. The normalized spacial score (nSPS) is 12.6. The lowest BCUT2D eigenvalue weighted by Crippen LogP contribution is -2.02. The number of hydrogen-bond acceptors (Lipinski definition) is 3. The molecule has 0 aliphatic carbocycles. The van der Waals surface area contributed by atoms with Crippen molar-refractivity contribution in [3.05, 3.63) is 0 Å². The maximum absolute atomic E-state index is 9.95. The zero-order valence-corrected chi connectivity index (χ0v) is 5.48. The van der Waals surface area contributed by atoms with Crippen LogP contribution in [0.25, 0.3) is 0 Å². The molecule has 0 rings (SSSR count). The minimum absolute atomic E-state index is 0.132. The largest absolute Gasteiger partial charge is 0.303 e. The Labute approximate surface area is 52.6 Å². The summed E-state index contributed by atoms with van der Waals surface area (Å²) in [7, 11) is 0. The smallest absolute Gasteiger partial charge is 0.133 e. The first-order valence-electron chi connectivity index (χ1n) is 2.27. The molecule has 0 amide bonds. The van der Waals surface area contributed by atoms with Gasteiger partial charge in [-0.25, -0.2) is 0 Å². The van der Waals surface area contributed by atoms with Crippen LogP contribution in [0.15, 0.2) is 0 Å². The van der Waals surface area contributed by atoms with Crippen LogP contribution in [0.5, 0.6) is 0 Å². The summed E-state index contributed by atoms with van der Waals surface area (Å²) in [5.74, 6) is 0. The molecule has 0 bridgehead atoms. The Morgan fingerprint density at radius 2 is 2.25 bits per heavy atom. The lowest BCUT2D eigenvalue weighted by atomic mass is 10.4. The summed E-state index contributed by atoms with van der Waals surface area (Å²) in [4.78, 5) is 19.7. The van der Waals surface area contributed by atoms with Gasteiger partial charge in [-0.3, -0.25) is 0 Å². The van der Waals surface area contributed by atoms with Crippen LogP contribution in [-0.4, -0.2) is 24.1 Å². The van der Waals surface area contributed by atoms with Gasteiger partial charge in [0.25, 0.3) is 0 Å². The number of rotatable bonds is 4. The van der Waals surface area contributed by atoms with Gasteiger partial charge in [0.15, 0.2) is 0 Å². The van der Waals surface area contributed by atoms with Gasteiger partial charge >= 0.3 is 0 Å². The maximum atomic E-state index is 9.95. The molecular weight excluding hydrogens is 124 g/mol. The van der Waals surface area contributed by atoms with E-state index in [2.05, 4.69) is 0 Å². The van der Waals surface area contributed by atoms with Crippen LogP contribution < -0.4 is 0 Å². The first-order valence-corrected chi connectivity index (χ1v) is 3.55. The van der Waals surface area contributed by atoms with E-state index in [0.717, 1.165) is 12.6 Å². The van der Waals surface area contributed by atoms with Crippen LogP contribution >= 0.6 is 11.8 Å². The molecule has 8 heavy (non-hydrogen) atoms. The van der Waals surface area contributed by atoms with E-state index in [1.807, 2.05) is 6.26 Å². The van der Waals surface area contributed by atoms with Gasteiger partial charge in [0, 0.05) is 6.42 Å². The molecule has 0 N–H and O–H groups in total. The van der Waals surface area contributed by atoms with Crippen molar-refractivity contribution in [2.75, 3.05) is 6.26 Å².